The molecule has 2 aromatic rings. The van der Waals surface area contributed by atoms with Crippen molar-refractivity contribution in [2.45, 2.75) is 61.3 Å². The highest BCUT2D eigenvalue weighted by atomic mass is 32.2. The number of piperidine rings is 1. The van der Waals surface area contributed by atoms with Gasteiger partial charge in [0.2, 0.25) is 0 Å². The molecule has 1 aliphatic rings. The average molecular weight is 487 g/mol. The zero-order valence-electron chi connectivity index (χ0n) is 20.0. The van der Waals surface area contributed by atoms with Crippen LogP contribution in [-0.4, -0.2) is 63.2 Å². The number of aliphatic carboxylic acids is 1. The molecule has 0 bridgehead atoms. The van der Waals surface area contributed by atoms with E-state index < -0.39 is 22.4 Å². The van der Waals surface area contributed by atoms with Gasteiger partial charge in [-0.15, -0.1) is 11.8 Å². The summed E-state index contributed by atoms with van der Waals surface area (Å²) in [5.41, 5.74) is 0.238. The summed E-state index contributed by atoms with van der Waals surface area (Å²) in [6, 6.07) is 15.7. The number of carboxylic acids is 1. The first kappa shape index (κ1) is 25.9. The molecule has 1 amide bonds. The van der Waals surface area contributed by atoms with Gasteiger partial charge in [0, 0.05) is 24.5 Å². The molecule has 0 radical (unpaired) electrons. The first-order valence-corrected chi connectivity index (χ1v) is 12.3. The molecule has 184 valence electrons. The summed E-state index contributed by atoms with van der Waals surface area (Å²) in [5, 5.41) is 22.6. The maximum absolute atomic E-state index is 12.8. The Kier molecular flexibility index (Phi) is 8.49. The van der Waals surface area contributed by atoms with Crippen LogP contribution in [0.15, 0.2) is 59.5 Å². The molecular weight excluding hydrogens is 452 g/mol. The Hall–Kier alpha value is -2.71. The van der Waals surface area contributed by atoms with E-state index in [1.165, 1.54) is 0 Å². The maximum Gasteiger partial charge on any atom is 0.410 e. The number of aromatic hydroxyl groups is 1. The summed E-state index contributed by atoms with van der Waals surface area (Å²) in [6.07, 6.45) is 1.59. The highest BCUT2D eigenvalue weighted by molar-refractivity contribution is 8.00. The Morgan fingerprint density at radius 1 is 1.15 bits per heavy atom. The van der Waals surface area contributed by atoms with Crippen LogP contribution in [0.1, 0.15) is 39.2 Å². The molecule has 2 aromatic carbocycles. The standard InChI is InChI=1S/C26H34N2O5S/c1-25(2,3)33-24(32)28-15-7-14-26(18-28,34-21-8-5-4-6-9-21)17-27-22(23(30)31)16-19-10-12-20(29)13-11-19/h4-6,8-13,22,27,29H,7,14-18H2,1-3H3,(H,30,31)/t22-,26?/m0/s1. The Labute approximate surface area is 205 Å². The zero-order chi connectivity index (χ0) is 24.8. The van der Waals surface area contributed by atoms with Crippen LogP contribution in [-0.2, 0) is 16.0 Å². The average Bonchev–Trinajstić information content (AvgIpc) is 2.77. The molecule has 3 N–H and O–H groups in total. The summed E-state index contributed by atoms with van der Waals surface area (Å²) >= 11 is 1.68. The number of hydrogen-bond donors (Lipinski definition) is 3. The van der Waals surface area contributed by atoms with Gasteiger partial charge < -0.3 is 25.2 Å². The van der Waals surface area contributed by atoms with Crippen LogP contribution in [0.3, 0.4) is 0 Å². The van der Waals surface area contributed by atoms with E-state index in [2.05, 4.69) is 5.32 Å². The molecule has 0 spiro atoms. The smallest absolute Gasteiger partial charge is 0.410 e. The van der Waals surface area contributed by atoms with Crippen molar-refractivity contribution in [2.75, 3.05) is 19.6 Å². The van der Waals surface area contributed by atoms with Crippen molar-refractivity contribution in [3.8, 4) is 5.75 Å². The van der Waals surface area contributed by atoms with E-state index in [0.717, 1.165) is 23.3 Å². The van der Waals surface area contributed by atoms with Crippen LogP contribution in [0.5, 0.6) is 5.75 Å². The lowest BCUT2D eigenvalue weighted by molar-refractivity contribution is -0.139. The number of nitrogens with zero attached hydrogens (tertiary/aromatic N) is 1. The molecule has 1 unspecified atom stereocenters. The molecule has 1 aliphatic heterocycles. The fourth-order valence-electron chi connectivity index (χ4n) is 4.01. The number of rotatable bonds is 8. The zero-order valence-corrected chi connectivity index (χ0v) is 20.8. The normalized spacial score (nSPS) is 19.4. The van der Waals surface area contributed by atoms with Crippen LogP contribution in [0.4, 0.5) is 4.79 Å². The van der Waals surface area contributed by atoms with Gasteiger partial charge in [0.1, 0.15) is 17.4 Å². The van der Waals surface area contributed by atoms with Gasteiger partial charge in [0.05, 0.1) is 4.75 Å². The number of carbonyl (C=O) groups excluding carboxylic acids is 1. The third-order valence-electron chi connectivity index (χ3n) is 5.61. The van der Waals surface area contributed by atoms with Crippen LogP contribution < -0.4 is 5.32 Å². The molecule has 0 aromatic heterocycles. The minimum Gasteiger partial charge on any atom is -0.508 e. The second kappa shape index (κ2) is 11.1. The predicted molar refractivity (Wildman–Crippen MR) is 133 cm³/mol. The minimum atomic E-state index is -0.937. The third-order valence-corrected chi connectivity index (χ3v) is 7.03. The van der Waals surface area contributed by atoms with Gasteiger partial charge >= 0.3 is 12.1 Å². The van der Waals surface area contributed by atoms with Crippen LogP contribution in [0.25, 0.3) is 0 Å². The number of hydrogen-bond acceptors (Lipinski definition) is 6. The molecule has 0 saturated carbocycles. The Morgan fingerprint density at radius 2 is 1.82 bits per heavy atom. The SMILES string of the molecule is CC(C)(C)OC(=O)N1CCCC(CN[C@@H](Cc2ccc(O)cc2)C(=O)O)(Sc2ccccc2)C1. The van der Waals surface area contributed by atoms with E-state index in [0.29, 0.717) is 19.6 Å². The van der Waals surface area contributed by atoms with Crippen molar-refractivity contribution in [2.24, 2.45) is 0 Å². The Morgan fingerprint density at radius 3 is 2.44 bits per heavy atom. The number of thioether (sulfide) groups is 1. The van der Waals surface area contributed by atoms with Crippen molar-refractivity contribution in [3.05, 3.63) is 60.2 Å². The topological polar surface area (TPSA) is 99.1 Å². The molecule has 1 fully saturated rings. The first-order valence-electron chi connectivity index (χ1n) is 11.5. The number of likely N-dealkylation sites (tertiary alicyclic amines) is 1. The monoisotopic (exact) mass is 486 g/mol. The lowest BCUT2D eigenvalue weighted by Crippen LogP contribution is -2.56. The molecule has 34 heavy (non-hydrogen) atoms. The van der Waals surface area contributed by atoms with Gasteiger partial charge in [-0.1, -0.05) is 30.3 Å². The van der Waals surface area contributed by atoms with Crippen molar-refractivity contribution in [1.82, 2.24) is 10.2 Å². The summed E-state index contributed by atoms with van der Waals surface area (Å²) in [5.74, 6) is -0.793. The van der Waals surface area contributed by atoms with Crippen molar-refractivity contribution >= 4 is 23.8 Å². The molecule has 7 nitrogen and oxygen atoms in total. The number of phenolic OH excluding ortho intramolecular Hbond substituents is 1. The minimum absolute atomic E-state index is 0.145. The third kappa shape index (κ3) is 7.67. The lowest BCUT2D eigenvalue weighted by Gasteiger charge is -2.43. The van der Waals surface area contributed by atoms with E-state index in [-0.39, 0.29) is 18.3 Å². The number of amides is 1. The van der Waals surface area contributed by atoms with Gasteiger partial charge in [-0.2, -0.15) is 0 Å². The van der Waals surface area contributed by atoms with E-state index in [4.69, 9.17) is 4.74 Å². The van der Waals surface area contributed by atoms with Crippen LogP contribution >= 0.6 is 11.8 Å². The first-order chi connectivity index (χ1) is 16.1. The largest absolute Gasteiger partial charge is 0.508 e. The number of nitrogens with one attached hydrogen (secondary N) is 1. The van der Waals surface area contributed by atoms with Gasteiger partial charge in [-0.05, 0) is 69.9 Å². The highest BCUT2D eigenvalue weighted by Crippen LogP contribution is 2.40. The van der Waals surface area contributed by atoms with E-state index in [9.17, 15) is 19.8 Å². The summed E-state index contributed by atoms with van der Waals surface area (Å²) < 4.78 is 5.21. The lowest BCUT2D eigenvalue weighted by atomic mass is 9.96. The predicted octanol–water partition coefficient (Wildman–Crippen LogP) is 4.54. The van der Waals surface area contributed by atoms with Gasteiger partial charge in [0.25, 0.3) is 0 Å². The van der Waals surface area contributed by atoms with Gasteiger partial charge in [0.15, 0.2) is 0 Å². The quantitative estimate of drug-likeness (QED) is 0.504. The second-order valence-electron chi connectivity index (χ2n) is 9.75. The highest BCUT2D eigenvalue weighted by Gasteiger charge is 2.40. The summed E-state index contributed by atoms with van der Waals surface area (Å²) in [4.78, 5) is 27.7. The fraction of sp³-hybridized carbons (Fsp3) is 0.462. The molecule has 3 rings (SSSR count). The summed E-state index contributed by atoms with van der Waals surface area (Å²) in [6.45, 7) is 7.04. The number of carboxylic acid groups (broad SMARTS) is 1. The van der Waals surface area contributed by atoms with E-state index in [1.54, 1.807) is 40.9 Å². The van der Waals surface area contributed by atoms with Crippen molar-refractivity contribution in [1.29, 1.82) is 0 Å². The van der Waals surface area contributed by atoms with Crippen LogP contribution in [0.2, 0.25) is 0 Å². The van der Waals surface area contributed by atoms with Crippen molar-refractivity contribution in [3.63, 3.8) is 0 Å². The van der Waals surface area contributed by atoms with E-state index >= 15 is 0 Å². The second-order valence-corrected chi connectivity index (χ2v) is 11.3. The van der Waals surface area contributed by atoms with Crippen molar-refractivity contribution < 1.29 is 24.5 Å². The maximum atomic E-state index is 12.8. The molecule has 8 heteroatoms. The fourth-order valence-corrected chi connectivity index (χ4v) is 5.42. The molecule has 1 heterocycles. The number of benzene rings is 2. The molecular formula is C26H34N2O5S. The van der Waals surface area contributed by atoms with Gasteiger partial charge in [-0.25, -0.2) is 4.79 Å². The number of phenols is 1. The number of carbonyl (C=O) groups is 2. The Balaban J connectivity index is 1.78. The molecule has 1 saturated heterocycles. The molecule has 2 atom stereocenters. The Bertz CT molecular complexity index is 961. The van der Waals surface area contributed by atoms with Crippen LogP contribution in [0, 0.1) is 0 Å². The summed E-state index contributed by atoms with van der Waals surface area (Å²) in [7, 11) is 0. The van der Waals surface area contributed by atoms with E-state index in [1.807, 2.05) is 51.1 Å². The molecule has 0 aliphatic carbocycles. The number of ether oxygens (including phenoxy) is 1. The van der Waals surface area contributed by atoms with Gasteiger partial charge in [-0.3, -0.25) is 4.79 Å².